The Morgan fingerprint density at radius 1 is 1.40 bits per heavy atom. The number of carboxylic acid groups (broad SMARTS) is 1. The zero-order valence-electron chi connectivity index (χ0n) is 10.8. The molecule has 2 N–H and O–H groups in total. The molecule has 0 radical (unpaired) electrons. The standard InChI is InChI=1S/C13H14F2N2O3/c1-13(11(18)19)6-3-7-17(13)12(20)16-9-5-2-4-8(14)10(9)15/h2,4-5H,3,6-7H2,1H3,(H,16,20)(H,18,19). The first-order chi connectivity index (χ1) is 9.36. The summed E-state index contributed by atoms with van der Waals surface area (Å²) in [5.41, 5.74) is -1.64. The van der Waals surface area contributed by atoms with Gasteiger partial charge in [-0.3, -0.25) is 0 Å². The molecule has 1 aliphatic rings. The molecule has 0 spiro atoms. The van der Waals surface area contributed by atoms with E-state index >= 15 is 0 Å². The van der Waals surface area contributed by atoms with Crippen LogP contribution in [0.5, 0.6) is 0 Å². The van der Waals surface area contributed by atoms with Crippen LogP contribution in [0.1, 0.15) is 19.8 Å². The average molecular weight is 284 g/mol. The summed E-state index contributed by atoms with van der Waals surface area (Å²) in [6.07, 6.45) is 0.864. The second-order valence-electron chi connectivity index (χ2n) is 4.87. The predicted molar refractivity (Wildman–Crippen MR) is 67.4 cm³/mol. The van der Waals surface area contributed by atoms with Gasteiger partial charge in [-0.2, -0.15) is 0 Å². The zero-order chi connectivity index (χ0) is 14.9. The van der Waals surface area contributed by atoms with Crippen LogP contribution in [0.15, 0.2) is 18.2 Å². The van der Waals surface area contributed by atoms with E-state index in [9.17, 15) is 23.5 Å². The predicted octanol–water partition coefficient (Wildman–Crippen LogP) is 2.44. The highest BCUT2D eigenvalue weighted by atomic mass is 19.2. The molecule has 2 rings (SSSR count). The lowest BCUT2D eigenvalue weighted by Gasteiger charge is -2.31. The zero-order valence-corrected chi connectivity index (χ0v) is 10.8. The van der Waals surface area contributed by atoms with Crippen LogP contribution in [0.4, 0.5) is 19.3 Å². The van der Waals surface area contributed by atoms with Crippen LogP contribution in [0.25, 0.3) is 0 Å². The molecule has 1 aromatic rings. The van der Waals surface area contributed by atoms with E-state index in [0.717, 1.165) is 11.0 Å². The second kappa shape index (κ2) is 5.07. The Bertz CT molecular complexity index is 565. The van der Waals surface area contributed by atoms with Gasteiger partial charge >= 0.3 is 12.0 Å². The maximum atomic E-state index is 13.5. The molecule has 0 aromatic heterocycles. The molecule has 5 nitrogen and oxygen atoms in total. The third kappa shape index (κ3) is 2.31. The number of anilines is 1. The van der Waals surface area contributed by atoms with Crippen molar-refractivity contribution in [2.45, 2.75) is 25.3 Å². The van der Waals surface area contributed by atoms with Gasteiger partial charge in [-0.05, 0) is 31.9 Å². The van der Waals surface area contributed by atoms with Gasteiger partial charge in [-0.25, -0.2) is 18.4 Å². The number of likely N-dealkylation sites (tertiary alicyclic amines) is 1. The van der Waals surface area contributed by atoms with Gasteiger partial charge in [-0.15, -0.1) is 0 Å². The summed E-state index contributed by atoms with van der Waals surface area (Å²) in [7, 11) is 0. The molecule has 1 unspecified atom stereocenters. The first-order valence-electron chi connectivity index (χ1n) is 6.12. The van der Waals surface area contributed by atoms with E-state index < -0.39 is 29.2 Å². The Balaban J connectivity index is 2.20. The first kappa shape index (κ1) is 14.2. The van der Waals surface area contributed by atoms with Crippen molar-refractivity contribution in [3.63, 3.8) is 0 Å². The average Bonchev–Trinajstić information content (AvgIpc) is 2.78. The summed E-state index contributed by atoms with van der Waals surface area (Å²) >= 11 is 0. The summed E-state index contributed by atoms with van der Waals surface area (Å²) in [6, 6.07) is 2.65. The van der Waals surface area contributed by atoms with Crippen LogP contribution in [0, 0.1) is 11.6 Å². The van der Waals surface area contributed by atoms with Gasteiger partial charge in [-0.1, -0.05) is 6.07 Å². The molecular formula is C13H14F2N2O3. The van der Waals surface area contributed by atoms with Crippen LogP contribution >= 0.6 is 0 Å². The summed E-state index contributed by atoms with van der Waals surface area (Å²) in [5, 5.41) is 11.4. The Labute approximate surface area is 114 Å². The fourth-order valence-electron chi connectivity index (χ4n) is 2.29. The van der Waals surface area contributed by atoms with Crippen LogP contribution in [-0.4, -0.2) is 34.1 Å². The van der Waals surface area contributed by atoms with Crippen molar-refractivity contribution in [1.82, 2.24) is 4.90 Å². The van der Waals surface area contributed by atoms with Crippen molar-refractivity contribution in [3.8, 4) is 0 Å². The molecule has 0 saturated carbocycles. The van der Waals surface area contributed by atoms with E-state index in [1.807, 2.05) is 0 Å². The topological polar surface area (TPSA) is 69.6 Å². The highest BCUT2D eigenvalue weighted by molar-refractivity contribution is 5.94. The number of amides is 2. The van der Waals surface area contributed by atoms with Crippen LogP contribution in [-0.2, 0) is 4.79 Å². The van der Waals surface area contributed by atoms with E-state index in [2.05, 4.69) is 5.32 Å². The number of carbonyl (C=O) groups excluding carboxylic acids is 1. The lowest BCUT2D eigenvalue weighted by molar-refractivity contribution is -0.146. The van der Waals surface area contributed by atoms with Crippen molar-refractivity contribution < 1.29 is 23.5 Å². The van der Waals surface area contributed by atoms with Gasteiger partial charge in [0.2, 0.25) is 0 Å². The van der Waals surface area contributed by atoms with Gasteiger partial charge < -0.3 is 15.3 Å². The van der Waals surface area contributed by atoms with Crippen molar-refractivity contribution in [3.05, 3.63) is 29.8 Å². The smallest absolute Gasteiger partial charge is 0.329 e. The Morgan fingerprint density at radius 2 is 2.10 bits per heavy atom. The first-order valence-corrected chi connectivity index (χ1v) is 6.12. The maximum absolute atomic E-state index is 13.5. The largest absolute Gasteiger partial charge is 0.480 e. The molecule has 2 amide bonds. The summed E-state index contributed by atoms with van der Waals surface area (Å²) in [4.78, 5) is 24.4. The normalized spacial score (nSPS) is 21.9. The van der Waals surface area contributed by atoms with Gasteiger partial charge in [0.1, 0.15) is 5.54 Å². The Kier molecular flexibility index (Phi) is 3.61. The molecule has 1 aromatic carbocycles. The van der Waals surface area contributed by atoms with Crippen LogP contribution < -0.4 is 5.32 Å². The number of halogens is 2. The minimum atomic E-state index is -1.33. The molecular weight excluding hydrogens is 270 g/mol. The molecule has 1 fully saturated rings. The van der Waals surface area contributed by atoms with Crippen molar-refractivity contribution in [2.24, 2.45) is 0 Å². The van der Waals surface area contributed by atoms with Crippen LogP contribution in [0.2, 0.25) is 0 Å². The number of hydrogen-bond acceptors (Lipinski definition) is 2. The van der Waals surface area contributed by atoms with Crippen molar-refractivity contribution >= 4 is 17.7 Å². The minimum absolute atomic E-state index is 0.256. The molecule has 0 aliphatic carbocycles. The van der Waals surface area contributed by atoms with Crippen molar-refractivity contribution in [2.75, 3.05) is 11.9 Å². The van der Waals surface area contributed by atoms with Crippen molar-refractivity contribution in [1.29, 1.82) is 0 Å². The second-order valence-corrected chi connectivity index (χ2v) is 4.87. The van der Waals surface area contributed by atoms with Gasteiger partial charge in [0, 0.05) is 6.54 Å². The third-order valence-electron chi connectivity index (χ3n) is 3.54. The Morgan fingerprint density at radius 3 is 2.75 bits per heavy atom. The highest BCUT2D eigenvalue weighted by Crippen LogP contribution is 2.30. The lowest BCUT2D eigenvalue weighted by Crippen LogP contribution is -2.52. The summed E-state index contributed by atoms with van der Waals surface area (Å²) in [5.74, 6) is -3.37. The van der Waals surface area contributed by atoms with Gasteiger partial charge in [0.15, 0.2) is 11.6 Å². The number of benzene rings is 1. The molecule has 1 aliphatic heterocycles. The molecule has 20 heavy (non-hydrogen) atoms. The van der Waals surface area contributed by atoms with E-state index in [4.69, 9.17) is 0 Å². The lowest BCUT2D eigenvalue weighted by atomic mass is 10.00. The van der Waals surface area contributed by atoms with Gasteiger partial charge in [0.05, 0.1) is 5.69 Å². The fraction of sp³-hybridized carbons (Fsp3) is 0.385. The van der Waals surface area contributed by atoms with E-state index in [1.54, 1.807) is 0 Å². The summed E-state index contributed by atoms with van der Waals surface area (Å²) < 4.78 is 26.5. The molecule has 108 valence electrons. The number of aliphatic carboxylic acids is 1. The van der Waals surface area contributed by atoms with E-state index in [-0.39, 0.29) is 12.2 Å². The van der Waals surface area contributed by atoms with Crippen LogP contribution in [0.3, 0.4) is 0 Å². The number of hydrogen-bond donors (Lipinski definition) is 2. The minimum Gasteiger partial charge on any atom is -0.480 e. The molecule has 1 saturated heterocycles. The SMILES string of the molecule is CC1(C(=O)O)CCCN1C(=O)Nc1cccc(F)c1F. The number of nitrogens with one attached hydrogen (secondary N) is 1. The Hall–Kier alpha value is -2.18. The summed E-state index contributed by atoms with van der Waals surface area (Å²) in [6.45, 7) is 1.69. The number of urea groups is 1. The maximum Gasteiger partial charge on any atom is 0.329 e. The monoisotopic (exact) mass is 284 g/mol. The third-order valence-corrected chi connectivity index (χ3v) is 3.54. The van der Waals surface area contributed by atoms with E-state index in [0.29, 0.717) is 12.8 Å². The number of nitrogens with zero attached hydrogens (tertiary/aromatic N) is 1. The quantitative estimate of drug-likeness (QED) is 0.876. The fourth-order valence-corrected chi connectivity index (χ4v) is 2.29. The molecule has 7 heteroatoms. The molecule has 1 atom stereocenters. The number of rotatable bonds is 2. The highest BCUT2D eigenvalue weighted by Gasteiger charge is 2.46. The molecule has 1 heterocycles. The number of carbonyl (C=O) groups is 2. The molecule has 0 bridgehead atoms. The number of carboxylic acids is 1. The van der Waals surface area contributed by atoms with Gasteiger partial charge in [0.25, 0.3) is 0 Å². The van der Waals surface area contributed by atoms with E-state index in [1.165, 1.54) is 19.1 Å².